The van der Waals surface area contributed by atoms with Crippen LogP contribution in [0.3, 0.4) is 0 Å². The van der Waals surface area contributed by atoms with Gasteiger partial charge in [-0.05, 0) is 26.3 Å². The predicted molar refractivity (Wildman–Crippen MR) is 72.6 cm³/mol. The van der Waals surface area contributed by atoms with Gasteiger partial charge in [-0.3, -0.25) is 0 Å². The highest BCUT2D eigenvalue weighted by atomic mass is 32.2. The summed E-state index contributed by atoms with van der Waals surface area (Å²) in [5, 5.41) is 8.29. The lowest BCUT2D eigenvalue weighted by Crippen LogP contribution is -2.42. The van der Waals surface area contributed by atoms with Gasteiger partial charge >= 0.3 is 0 Å². The number of rotatable bonds is 6. The number of hydrogen-bond donors (Lipinski definition) is 1. The average Bonchev–Trinajstić information content (AvgIpc) is 2.35. The summed E-state index contributed by atoms with van der Waals surface area (Å²) in [7, 11) is -3.47. The van der Waals surface area contributed by atoms with Crippen LogP contribution in [0, 0.1) is 0 Å². The van der Waals surface area contributed by atoms with E-state index in [-0.39, 0.29) is 12.6 Å². The first kappa shape index (κ1) is 15.1. The second-order valence-electron chi connectivity index (χ2n) is 4.66. The third-order valence-corrected chi connectivity index (χ3v) is 5.22. The Morgan fingerprint density at radius 1 is 1.17 bits per heavy atom. The molecule has 1 rings (SSSR count). The van der Waals surface area contributed by atoms with Crippen LogP contribution in [0.25, 0.3) is 0 Å². The molecule has 0 heterocycles. The lowest BCUT2D eigenvalue weighted by Gasteiger charge is -2.28. The molecule has 1 N–H and O–H groups in total. The highest BCUT2D eigenvalue weighted by molar-refractivity contribution is 7.89. The van der Waals surface area contributed by atoms with Crippen LogP contribution in [0.2, 0.25) is 0 Å². The summed E-state index contributed by atoms with van der Waals surface area (Å²) in [6.07, 6.45) is 0. The third kappa shape index (κ3) is 3.54. The molecular weight excluding hydrogens is 250 g/mol. The number of sulfonamides is 1. The van der Waals surface area contributed by atoms with Gasteiger partial charge < -0.3 is 5.11 Å². The molecule has 18 heavy (non-hydrogen) atoms. The third-order valence-electron chi connectivity index (χ3n) is 2.85. The molecule has 0 spiro atoms. The van der Waals surface area contributed by atoms with E-state index in [1.54, 1.807) is 0 Å². The summed E-state index contributed by atoms with van der Waals surface area (Å²) in [6.45, 7) is 5.18. The SMILES string of the molecule is CC(C)N(Cc1ccccc1)S(=O)(=O)C(C)CO. The molecule has 4 nitrogen and oxygen atoms in total. The summed E-state index contributed by atoms with van der Waals surface area (Å²) in [5.74, 6) is 0. The first-order valence-electron chi connectivity index (χ1n) is 6.05. The van der Waals surface area contributed by atoms with E-state index in [0.717, 1.165) is 5.56 Å². The largest absolute Gasteiger partial charge is 0.395 e. The van der Waals surface area contributed by atoms with Gasteiger partial charge in [0.15, 0.2) is 0 Å². The maximum atomic E-state index is 12.3. The number of aliphatic hydroxyl groups excluding tert-OH is 1. The van der Waals surface area contributed by atoms with Crippen LogP contribution in [0.5, 0.6) is 0 Å². The molecule has 0 saturated heterocycles. The van der Waals surface area contributed by atoms with Crippen molar-refractivity contribution in [3.63, 3.8) is 0 Å². The molecule has 0 bridgehead atoms. The number of hydrogen-bond acceptors (Lipinski definition) is 3. The molecule has 102 valence electrons. The minimum Gasteiger partial charge on any atom is -0.395 e. The Morgan fingerprint density at radius 2 is 1.72 bits per heavy atom. The van der Waals surface area contributed by atoms with Gasteiger partial charge in [-0.15, -0.1) is 0 Å². The van der Waals surface area contributed by atoms with Gasteiger partial charge in [-0.2, -0.15) is 4.31 Å². The summed E-state index contributed by atoms with van der Waals surface area (Å²) in [5.41, 5.74) is 0.944. The fourth-order valence-corrected chi connectivity index (χ4v) is 3.22. The quantitative estimate of drug-likeness (QED) is 0.855. The van der Waals surface area contributed by atoms with E-state index in [4.69, 9.17) is 5.11 Å². The van der Waals surface area contributed by atoms with Crippen molar-refractivity contribution in [3.05, 3.63) is 35.9 Å². The molecule has 0 aliphatic rings. The van der Waals surface area contributed by atoms with Gasteiger partial charge in [-0.25, -0.2) is 8.42 Å². The van der Waals surface area contributed by atoms with E-state index >= 15 is 0 Å². The number of aliphatic hydroxyl groups is 1. The molecule has 1 aromatic rings. The zero-order valence-electron chi connectivity index (χ0n) is 11.1. The van der Waals surface area contributed by atoms with E-state index in [9.17, 15) is 8.42 Å². The minimum absolute atomic E-state index is 0.135. The second kappa shape index (κ2) is 6.31. The molecule has 0 aliphatic heterocycles. The Balaban J connectivity index is 2.98. The lowest BCUT2D eigenvalue weighted by atomic mass is 10.2. The monoisotopic (exact) mass is 271 g/mol. The molecule has 1 unspecified atom stereocenters. The van der Waals surface area contributed by atoms with Crippen LogP contribution in [0.15, 0.2) is 30.3 Å². The smallest absolute Gasteiger partial charge is 0.219 e. The molecule has 0 aromatic heterocycles. The fourth-order valence-electron chi connectivity index (χ4n) is 1.66. The zero-order valence-corrected chi connectivity index (χ0v) is 11.9. The van der Waals surface area contributed by atoms with Gasteiger partial charge in [0, 0.05) is 12.6 Å². The Kier molecular flexibility index (Phi) is 5.31. The Labute approximate surface area is 109 Å². The van der Waals surface area contributed by atoms with Crippen LogP contribution in [0.4, 0.5) is 0 Å². The van der Waals surface area contributed by atoms with Crippen molar-refractivity contribution in [3.8, 4) is 0 Å². The number of nitrogens with zero attached hydrogens (tertiary/aromatic N) is 1. The van der Waals surface area contributed by atoms with Crippen LogP contribution in [0.1, 0.15) is 26.3 Å². The highest BCUT2D eigenvalue weighted by Crippen LogP contribution is 2.17. The van der Waals surface area contributed by atoms with Crippen molar-refractivity contribution < 1.29 is 13.5 Å². The summed E-state index contributed by atoms with van der Waals surface area (Å²) in [4.78, 5) is 0. The van der Waals surface area contributed by atoms with Gasteiger partial charge in [0.05, 0.1) is 11.9 Å². The van der Waals surface area contributed by atoms with Crippen molar-refractivity contribution in [2.24, 2.45) is 0 Å². The zero-order chi connectivity index (χ0) is 13.8. The van der Waals surface area contributed by atoms with Crippen LogP contribution >= 0.6 is 0 Å². The molecule has 0 radical (unpaired) electrons. The van der Waals surface area contributed by atoms with Crippen LogP contribution in [-0.2, 0) is 16.6 Å². The molecule has 0 aliphatic carbocycles. The van der Waals surface area contributed by atoms with Crippen molar-refractivity contribution in [2.45, 2.75) is 38.6 Å². The molecule has 1 aromatic carbocycles. The first-order chi connectivity index (χ1) is 8.39. The van der Waals surface area contributed by atoms with E-state index < -0.39 is 15.3 Å². The maximum absolute atomic E-state index is 12.3. The second-order valence-corrected chi connectivity index (χ2v) is 6.97. The average molecular weight is 271 g/mol. The Hall–Kier alpha value is -0.910. The van der Waals surface area contributed by atoms with Crippen molar-refractivity contribution in [2.75, 3.05) is 6.61 Å². The molecule has 0 amide bonds. The van der Waals surface area contributed by atoms with Gasteiger partial charge in [0.25, 0.3) is 0 Å². The molecule has 5 heteroatoms. The van der Waals surface area contributed by atoms with E-state index in [2.05, 4.69) is 0 Å². The molecule has 0 saturated carbocycles. The normalized spacial score (nSPS) is 14.1. The van der Waals surface area contributed by atoms with E-state index in [0.29, 0.717) is 6.54 Å². The van der Waals surface area contributed by atoms with Crippen molar-refractivity contribution in [1.82, 2.24) is 4.31 Å². The van der Waals surface area contributed by atoms with Crippen LogP contribution < -0.4 is 0 Å². The van der Waals surface area contributed by atoms with Gasteiger partial charge in [0.1, 0.15) is 0 Å². The minimum atomic E-state index is -3.47. The molecular formula is C13H21NO3S. The molecule has 0 fully saturated rings. The van der Waals surface area contributed by atoms with Crippen molar-refractivity contribution >= 4 is 10.0 Å². The van der Waals surface area contributed by atoms with Crippen molar-refractivity contribution in [1.29, 1.82) is 0 Å². The lowest BCUT2D eigenvalue weighted by molar-refractivity contribution is 0.281. The standard InChI is InChI=1S/C13H21NO3S/c1-11(2)14(18(16,17)12(3)10-15)9-13-7-5-4-6-8-13/h4-8,11-12,15H,9-10H2,1-3H3. The van der Waals surface area contributed by atoms with Gasteiger partial charge in [0.2, 0.25) is 10.0 Å². The van der Waals surface area contributed by atoms with Gasteiger partial charge in [-0.1, -0.05) is 30.3 Å². The first-order valence-corrected chi connectivity index (χ1v) is 7.55. The predicted octanol–water partition coefficient (Wildman–Crippen LogP) is 1.61. The van der Waals surface area contributed by atoms with Crippen LogP contribution in [-0.4, -0.2) is 35.7 Å². The summed E-state index contributed by atoms with van der Waals surface area (Å²) in [6, 6.07) is 9.33. The van der Waals surface area contributed by atoms with E-state index in [1.807, 2.05) is 44.2 Å². The maximum Gasteiger partial charge on any atom is 0.219 e. The summed E-state index contributed by atoms with van der Waals surface area (Å²) < 4.78 is 26.0. The summed E-state index contributed by atoms with van der Waals surface area (Å²) >= 11 is 0. The number of benzene rings is 1. The topological polar surface area (TPSA) is 57.6 Å². The fraction of sp³-hybridized carbons (Fsp3) is 0.538. The Morgan fingerprint density at radius 3 is 2.17 bits per heavy atom. The molecule has 1 atom stereocenters. The Bertz CT molecular complexity index is 456. The highest BCUT2D eigenvalue weighted by Gasteiger charge is 2.30. The van der Waals surface area contributed by atoms with E-state index in [1.165, 1.54) is 11.2 Å².